The highest BCUT2D eigenvalue weighted by atomic mass is 16.5. The van der Waals surface area contributed by atoms with Crippen LogP contribution in [-0.2, 0) is 9.53 Å². The summed E-state index contributed by atoms with van der Waals surface area (Å²) in [5, 5.41) is 3.39. The van der Waals surface area contributed by atoms with Crippen LogP contribution in [0.15, 0.2) is 24.3 Å². The number of nitrogens with one attached hydrogen (secondary N) is 1. The Balaban J connectivity index is 1.94. The van der Waals surface area contributed by atoms with Crippen LogP contribution in [0.3, 0.4) is 0 Å². The van der Waals surface area contributed by atoms with Crippen LogP contribution in [0.25, 0.3) is 0 Å². The van der Waals surface area contributed by atoms with E-state index in [0.717, 1.165) is 37.4 Å². The maximum absolute atomic E-state index is 12.4. The van der Waals surface area contributed by atoms with Crippen LogP contribution in [0.5, 0.6) is 5.75 Å². The number of ether oxygens (including phenoxy) is 2. The summed E-state index contributed by atoms with van der Waals surface area (Å²) in [6, 6.07) is 7.67. The van der Waals surface area contributed by atoms with Gasteiger partial charge in [-0.1, -0.05) is 0 Å². The predicted molar refractivity (Wildman–Crippen MR) is 76.1 cm³/mol. The van der Waals surface area contributed by atoms with Gasteiger partial charge in [0.25, 0.3) is 5.91 Å². The van der Waals surface area contributed by atoms with E-state index in [1.54, 1.807) is 7.11 Å². The lowest BCUT2D eigenvalue weighted by molar-refractivity contribution is -0.130. The molecule has 0 aromatic heterocycles. The average molecular weight is 276 g/mol. The Morgan fingerprint density at radius 1 is 1.35 bits per heavy atom. The van der Waals surface area contributed by atoms with Crippen molar-refractivity contribution < 1.29 is 14.3 Å². The van der Waals surface area contributed by atoms with E-state index in [2.05, 4.69) is 5.32 Å². The lowest BCUT2D eigenvalue weighted by Crippen LogP contribution is -2.66. The minimum Gasteiger partial charge on any atom is -0.497 e. The minimum atomic E-state index is -0.248. The zero-order valence-electron chi connectivity index (χ0n) is 11.7. The number of anilines is 1. The summed E-state index contributed by atoms with van der Waals surface area (Å²) in [5.41, 5.74) is 0.671. The number of morpholine rings is 1. The number of carbonyl (C=O) groups excluding carboxylic acids is 1. The highest BCUT2D eigenvalue weighted by Crippen LogP contribution is 2.33. The predicted octanol–water partition coefficient (Wildman–Crippen LogP) is 1.18. The number of nitrogens with zero attached hydrogens (tertiary/aromatic N) is 1. The summed E-state index contributed by atoms with van der Waals surface area (Å²) >= 11 is 0. The Bertz CT molecular complexity index is 475. The van der Waals surface area contributed by atoms with E-state index in [1.165, 1.54) is 0 Å². The van der Waals surface area contributed by atoms with Crippen LogP contribution in [0.4, 0.5) is 5.69 Å². The van der Waals surface area contributed by atoms with Crippen molar-refractivity contribution in [2.45, 2.75) is 18.4 Å². The van der Waals surface area contributed by atoms with Crippen LogP contribution in [0, 0.1) is 0 Å². The Labute approximate surface area is 118 Å². The fourth-order valence-electron chi connectivity index (χ4n) is 3.14. The first-order valence-electron chi connectivity index (χ1n) is 7.01. The van der Waals surface area contributed by atoms with Crippen LogP contribution in [0.1, 0.15) is 12.8 Å². The molecule has 2 fully saturated rings. The molecule has 1 aromatic rings. The zero-order chi connectivity index (χ0) is 14.0. The summed E-state index contributed by atoms with van der Waals surface area (Å²) in [7, 11) is 1.64. The van der Waals surface area contributed by atoms with E-state index >= 15 is 0 Å². The number of benzene rings is 1. The second-order valence-corrected chi connectivity index (χ2v) is 5.42. The maximum atomic E-state index is 12.4. The van der Waals surface area contributed by atoms with Gasteiger partial charge in [-0.2, -0.15) is 0 Å². The van der Waals surface area contributed by atoms with Gasteiger partial charge in [-0.3, -0.25) is 4.79 Å². The second kappa shape index (κ2) is 5.42. The molecule has 2 heterocycles. The molecule has 1 unspecified atom stereocenters. The summed E-state index contributed by atoms with van der Waals surface area (Å²) < 4.78 is 10.7. The smallest absolute Gasteiger partial charge is 0.253 e. The van der Waals surface area contributed by atoms with Crippen molar-refractivity contribution in [1.29, 1.82) is 0 Å². The van der Waals surface area contributed by atoms with E-state index in [4.69, 9.17) is 9.47 Å². The van der Waals surface area contributed by atoms with Crippen LogP contribution in [0.2, 0.25) is 0 Å². The monoisotopic (exact) mass is 276 g/mol. The standard InChI is InChI=1S/C15H20N2O3/c1-19-13-5-3-12(4-6-13)17-14(18)9-20-11-15(17)7-2-8-16-10-15/h3-6,16H,2,7-11H2,1H3. The van der Waals surface area contributed by atoms with E-state index < -0.39 is 0 Å². The fourth-order valence-corrected chi connectivity index (χ4v) is 3.14. The molecule has 2 aliphatic rings. The molecule has 2 saturated heterocycles. The SMILES string of the molecule is COc1ccc(N2C(=O)COCC23CCCNC3)cc1. The molecular weight excluding hydrogens is 256 g/mol. The number of piperidine rings is 1. The van der Waals surface area contributed by atoms with Crippen LogP contribution >= 0.6 is 0 Å². The van der Waals surface area contributed by atoms with Crippen molar-refractivity contribution in [3.63, 3.8) is 0 Å². The summed E-state index contributed by atoms with van der Waals surface area (Å²) in [6.07, 6.45) is 2.03. The van der Waals surface area contributed by atoms with Crippen LogP contribution < -0.4 is 15.0 Å². The largest absolute Gasteiger partial charge is 0.497 e. The molecule has 1 aromatic carbocycles. The molecule has 1 atom stereocenters. The van der Waals surface area contributed by atoms with Crippen molar-refractivity contribution in [1.82, 2.24) is 5.32 Å². The third-order valence-corrected chi connectivity index (χ3v) is 4.10. The number of hydrogen-bond acceptors (Lipinski definition) is 4. The Hall–Kier alpha value is -1.59. The molecule has 1 N–H and O–H groups in total. The number of carbonyl (C=O) groups is 1. The van der Waals surface area contributed by atoms with E-state index in [9.17, 15) is 4.79 Å². The van der Waals surface area contributed by atoms with Crippen molar-refractivity contribution in [3.8, 4) is 5.75 Å². The number of rotatable bonds is 2. The molecule has 3 rings (SSSR count). The summed E-state index contributed by atoms with van der Waals surface area (Å²) in [5.74, 6) is 0.829. The Morgan fingerprint density at radius 3 is 2.80 bits per heavy atom. The van der Waals surface area contributed by atoms with E-state index in [-0.39, 0.29) is 18.1 Å². The average Bonchev–Trinajstić information content (AvgIpc) is 2.49. The fraction of sp³-hybridized carbons (Fsp3) is 0.533. The molecule has 0 radical (unpaired) electrons. The van der Waals surface area contributed by atoms with Gasteiger partial charge in [0, 0.05) is 12.2 Å². The molecule has 5 nitrogen and oxygen atoms in total. The van der Waals surface area contributed by atoms with E-state index in [1.807, 2.05) is 29.2 Å². The Kier molecular flexibility index (Phi) is 3.63. The van der Waals surface area contributed by atoms with Crippen molar-refractivity contribution >= 4 is 11.6 Å². The quantitative estimate of drug-likeness (QED) is 0.881. The Morgan fingerprint density at radius 2 is 2.15 bits per heavy atom. The van der Waals surface area contributed by atoms with Gasteiger partial charge in [-0.15, -0.1) is 0 Å². The summed E-state index contributed by atoms with van der Waals surface area (Å²) in [4.78, 5) is 14.3. The van der Waals surface area contributed by atoms with Gasteiger partial charge in [0.2, 0.25) is 0 Å². The first-order chi connectivity index (χ1) is 9.75. The molecule has 0 saturated carbocycles. The topological polar surface area (TPSA) is 50.8 Å². The molecule has 1 spiro atoms. The number of methoxy groups -OCH3 is 1. The molecule has 5 heteroatoms. The van der Waals surface area contributed by atoms with Gasteiger partial charge in [0.05, 0.1) is 19.3 Å². The normalized spacial score (nSPS) is 26.9. The molecule has 108 valence electrons. The van der Waals surface area contributed by atoms with Gasteiger partial charge >= 0.3 is 0 Å². The first-order valence-corrected chi connectivity index (χ1v) is 7.01. The molecule has 2 aliphatic heterocycles. The number of hydrogen-bond donors (Lipinski definition) is 1. The van der Waals surface area contributed by atoms with Gasteiger partial charge in [-0.25, -0.2) is 0 Å². The molecule has 1 amide bonds. The van der Waals surface area contributed by atoms with Crippen LogP contribution in [-0.4, -0.2) is 44.9 Å². The highest BCUT2D eigenvalue weighted by Gasteiger charge is 2.44. The minimum absolute atomic E-state index is 0.0325. The lowest BCUT2D eigenvalue weighted by Gasteiger charge is -2.48. The van der Waals surface area contributed by atoms with Gasteiger partial charge in [-0.05, 0) is 43.7 Å². The third kappa shape index (κ3) is 2.27. The molecule has 0 bridgehead atoms. The number of amides is 1. The molecule has 20 heavy (non-hydrogen) atoms. The van der Waals surface area contributed by atoms with Crippen molar-refractivity contribution in [2.24, 2.45) is 0 Å². The van der Waals surface area contributed by atoms with Gasteiger partial charge in [0.15, 0.2) is 0 Å². The van der Waals surface area contributed by atoms with E-state index in [0.29, 0.717) is 6.61 Å². The maximum Gasteiger partial charge on any atom is 0.253 e. The zero-order valence-corrected chi connectivity index (χ0v) is 11.7. The summed E-state index contributed by atoms with van der Waals surface area (Å²) in [6.45, 7) is 2.54. The highest BCUT2D eigenvalue weighted by molar-refractivity contribution is 5.96. The lowest BCUT2D eigenvalue weighted by atomic mass is 9.87. The van der Waals surface area contributed by atoms with Crippen molar-refractivity contribution in [3.05, 3.63) is 24.3 Å². The van der Waals surface area contributed by atoms with Gasteiger partial charge in [0.1, 0.15) is 12.4 Å². The first kappa shape index (κ1) is 13.4. The van der Waals surface area contributed by atoms with Crippen molar-refractivity contribution in [2.75, 3.05) is 38.3 Å². The van der Waals surface area contributed by atoms with Gasteiger partial charge < -0.3 is 19.7 Å². The third-order valence-electron chi connectivity index (χ3n) is 4.10. The second-order valence-electron chi connectivity index (χ2n) is 5.42. The molecular formula is C15H20N2O3. The molecule has 0 aliphatic carbocycles.